The molecule has 0 amide bonds. The van der Waals surface area contributed by atoms with Crippen LogP contribution in [0, 0.1) is 0 Å². The van der Waals surface area contributed by atoms with Gasteiger partial charge in [-0.15, -0.1) is 24.0 Å². The first-order valence-corrected chi connectivity index (χ1v) is 8.84. The molecule has 0 saturated heterocycles. The summed E-state index contributed by atoms with van der Waals surface area (Å²) in [6.07, 6.45) is 6.64. The van der Waals surface area contributed by atoms with Gasteiger partial charge in [-0.05, 0) is 37.1 Å². The zero-order chi connectivity index (χ0) is 18.2. The monoisotopic (exact) mass is 479 g/mol. The van der Waals surface area contributed by atoms with Gasteiger partial charge < -0.3 is 10.6 Å². The Hall–Kier alpha value is -2.36. The number of aryl methyl sites for hydroxylation is 1. The van der Waals surface area contributed by atoms with Crippen LogP contribution in [0.4, 0.5) is 0 Å². The Labute approximate surface area is 176 Å². The fraction of sp³-hybridized carbons (Fsp3) is 0.316. The van der Waals surface area contributed by atoms with E-state index in [0.29, 0.717) is 6.54 Å². The third-order valence-corrected chi connectivity index (χ3v) is 4.03. The van der Waals surface area contributed by atoms with Crippen LogP contribution in [0.15, 0.2) is 60.0 Å². The van der Waals surface area contributed by atoms with Crippen molar-refractivity contribution in [3.8, 4) is 5.69 Å². The molecule has 0 saturated carbocycles. The lowest BCUT2D eigenvalue weighted by molar-refractivity contribution is 0.707. The van der Waals surface area contributed by atoms with Gasteiger partial charge in [0.1, 0.15) is 0 Å². The summed E-state index contributed by atoms with van der Waals surface area (Å²) >= 11 is 0. The average molecular weight is 479 g/mol. The molecule has 144 valence electrons. The third kappa shape index (κ3) is 6.09. The van der Waals surface area contributed by atoms with Crippen LogP contribution < -0.4 is 10.6 Å². The molecule has 0 unspecified atom stereocenters. The number of hydrogen-bond acceptors (Lipinski definition) is 3. The highest BCUT2D eigenvalue weighted by Gasteiger charge is 2.03. The fourth-order valence-electron chi connectivity index (χ4n) is 2.59. The molecule has 3 aromatic rings. The SMILES string of the molecule is CCNC(=NCc1ccnn1C)NCCc1cnn(-c2ccccc2)c1.I. The first-order valence-electron chi connectivity index (χ1n) is 8.84. The van der Waals surface area contributed by atoms with E-state index < -0.39 is 0 Å². The van der Waals surface area contributed by atoms with E-state index in [-0.39, 0.29) is 24.0 Å². The molecule has 2 aromatic heterocycles. The highest BCUT2D eigenvalue weighted by atomic mass is 127. The van der Waals surface area contributed by atoms with Gasteiger partial charge in [0, 0.05) is 32.5 Å². The second-order valence-corrected chi connectivity index (χ2v) is 5.95. The van der Waals surface area contributed by atoms with Crippen LogP contribution in [0.3, 0.4) is 0 Å². The van der Waals surface area contributed by atoms with Crippen LogP contribution in [-0.2, 0) is 20.0 Å². The van der Waals surface area contributed by atoms with E-state index >= 15 is 0 Å². The van der Waals surface area contributed by atoms with Gasteiger partial charge in [0.2, 0.25) is 0 Å². The van der Waals surface area contributed by atoms with Crippen molar-refractivity contribution in [3.05, 3.63) is 66.2 Å². The van der Waals surface area contributed by atoms with Crippen LogP contribution in [-0.4, -0.2) is 38.6 Å². The first kappa shape index (κ1) is 20.9. The minimum Gasteiger partial charge on any atom is -0.357 e. The summed E-state index contributed by atoms with van der Waals surface area (Å²) in [5.41, 5.74) is 3.33. The molecular weight excluding hydrogens is 453 g/mol. The highest BCUT2D eigenvalue weighted by Crippen LogP contribution is 2.07. The van der Waals surface area contributed by atoms with E-state index in [4.69, 9.17) is 0 Å². The molecule has 1 aromatic carbocycles. The van der Waals surface area contributed by atoms with Crippen molar-refractivity contribution >= 4 is 29.9 Å². The van der Waals surface area contributed by atoms with E-state index in [9.17, 15) is 0 Å². The normalized spacial score (nSPS) is 11.1. The maximum absolute atomic E-state index is 4.61. The Kier molecular flexibility index (Phi) is 8.31. The molecular formula is C19H26IN7. The number of hydrogen-bond donors (Lipinski definition) is 2. The minimum absolute atomic E-state index is 0. The Morgan fingerprint density at radius 1 is 1.11 bits per heavy atom. The standard InChI is InChI=1S/C19H25N7.HI/c1-3-20-19(22-14-18-10-12-23-25(18)2)21-11-9-16-13-24-26(15-16)17-7-5-4-6-8-17;/h4-8,10,12-13,15H,3,9,11,14H2,1-2H3,(H2,20,21,22);1H. The maximum Gasteiger partial charge on any atom is 0.191 e. The predicted molar refractivity (Wildman–Crippen MR) is 119 cm³/mol. The zero-order valence-electron chi connectivity index (χ0n) is 15.7. The molecule has 0 atom stereocenters. The fourth-order valence-corrected chi connectivity index (χ4v) is 2.59. The summed E-state index contributed by atoms with van der Waals surface area (Å²) in [5.74, 6) is 0.809. The third-order valence-electron chi connectivity index (χ3n) is 4.03. The molecule has 0 fully saturated rings. The summed E-state index contributed by atoms with van der Waals surface area (Å²) in [6, 6.07) is 12.1. The molecule has 0 aliphatic heterocycles. The summed E-state index contributed by atoms with van der Waals surface area (Å²) in [6.45, 7) is 4.27. The Morgan fingerprint density at radius 2 is 1.93 bits per heavy atom. The van der Waals surface area contributed by atoms with Crippen molar-refractivity contribution in [2.75, 3.05) is 13.1 Å². The molecule has 8 heteroatoms. The van der Waals surface area contributed by atoms with Gasteiger partial charge in [-0.2, -0.15) is 10.2 Å². The van der Waals surface area contributed by atoms with E-state index in [1.54, 1.807) is 6.20 Å². The number of nitrogens with zero attached hydrogens (tertiary/aromatic N) is 5. The van der Waals surface area contributed by atoms with Crippen LogP contribution in [0.5, 0.6) is 0 Å². The summed E-state index contributed by atoms with van der Waals surface area (Å²) in [7, 11) is 1.93. The van der Waals surface area contributed by atoms with E-state index in [2.05, 4.69) is 38.9 Å². The zero-order valence-corrected chi connectivity index (χ0v) is 18.0. The Bertz CT molecular complexity index is 839. The second kappa shape index (κ2) is 10.7. The van der Waals surface area contributed by atoms with Gasteiger partial charge in [-0.3, -0.25) is 4.68 Å². The van der Waals surface area contributed by atoms with Crippen molar-refractivity contribution in [1.82, 2.24) is 30.2 Å². The number of aliphatic imine (C=N–C) groups is 1. The molecule has 0 aliphatic rings. The van der Waals surface area contributed by atoms with Crippen molar-refractivity contribution in [2.45, 2.75) is 19.9 Å². The summed E-state index contributed by atoms with van der Waals surface area (Å²) in [5, 5.41) is 15.2. The summed E-state index contributed by atoms with van der Waals surface area (Å²) in [4.78, 5) is 4.61. The van der Waals surface area contributed by atoms with E-state index in [1.165, 1.54) is 5.56 Å². The molecule has 27 heavy (non-hydrogen) atoms. The van der Waals surface area contributed by atoms with Crippen molar-refractivity contribution in [1.29, 1.82) is 0 Å². The molecule has 0 spiro atoms. The Balaban J connectivity index is 0.00000261. The first-order chi connectivity index (χ1) is 12.8. The number of benzene rings is 1. The quantitative estimate of drug-likeness (QED) is 0.311. The van der Waals surface area contributed by atoms with Crippen LogP contribution in [0.25, 0.3) is 5.69 Å². The van der Waals surface area contributed by atoms with Gasteiger partial charge >= 0.3 is 0 Å². The molecule has 0 aliphatic carbocycles. The maximum atomic E-state index is 4.61. The molecule has 0 bridgehead atoms. The molecule has 2 N–H and O–H groups in total. The smallest absolute Gasteiger partial charge is 0.191 e. The molecule has 7 nitrogen and oxygen atoms in total. The van der Waals surface area contributed by atoms with Crippen LogP contribution in [0.2, 0.25) is 0 Å². The average Bonchev–Trinajstić information content (AvgIpc) is 3.29. The van der Waals surface area contributed by atoms with Crippen molar-refractivity contribution < 1.29 is 0 Å². The van der Waals surface area contributed by atoms with E-state index in [0.717, 1.165) is 36.9 Å². The number of para-hydroxylation sites is 1. The predicted octanol–water partition coefficient (Wildman–Crippen LogP) is 2.52. The summed E-state index contributed by atoms with van der Waals surface area (Å²) < 4.78 is 3.74. The van der Waals surface area contributed by atoms with Gasteiger partial charge in [0.15, 0.2) is 5.96 Å². The number of nitrogens with one attached hydrogen (secondary N) is 2. The Morgan fingerprint density at radius 3 is 2.63 bits per heavy atom. The largest absolute Gasteiger partial charge is 0.357 e. The topological polar surface area (TPSA) is 72.1 Å². The van der Waals surface area contributed by atoms with Crippen LogP contribution in [0.1, 0.15) is 18.2 Å². The number of rotatable bonds is 7. The van der Waals surface area contributed by atoms with Gasteiger partial charge in [-0.25, -0.2) is 9.67 Å². The lowest BCUT2D eigenvalue weighted by Gasteiger charge is -2.10. The van der Waals surface area contributed by atoms with Gasteiger partial charge in [0.25, 0.3) is 0 Å². The second-order valence-electron chi connectivity index (χ2n) is 5.95. The molecule has 0 radical (unpaired) electrons. The lowest BCUT2D eigenvalue weighted by Crippen LogP contribution is -2.38. The number of guanidine groups is 1. The molecule has 2 heterocycles. The van der Waals surface area contributed by atoms with Crippen molar-refractivity contribution in [3.63, 3.8) is 0 Å². The van der Waals surface area contributed by atoms with Crippen LogP contribution >= 0.6 is 24.0 Å². The molecule has 3 rings (SSSR count). The van der Waals surface area contributed by atoms with Gasteiger partial charge in [-0.1, -0.05) is 18.2 Å². The highest BCUT2D eigenvalue weighted by molar-refractivity contribution is 14.0. The van der Waals surface area contributed by atoms with Crippen molar-refractivity contribution in [2.24, 2.45) is 12.0 Å². The number of aromatic nitrogens is 4. The number of halogens is 1. The van der Waals surface area contributed by atoms with Gasteiger partial charge in [0.05, 0.1) is 24.1 Å². The van der Waals surface area contributed by atoms with E-state index in [1.807, 2.05) is 59.0 Å². The minimum atomic E-state index is 0. The lowest BCUT2D eigenvalue weighted by atomic mass is 10.2.